The van der Waals surface area contributed by atoms with Gasteiger partial charge in [0, 0.05) is 25.2 Å². The van der Waals surface area contributed by atoms with Crippen molar-refractivity contribution < 1.29 is 10.3 Å². The fourth-order valence-corrected chi connectivity index (χ4v) is 2.10. The summed E-state index contributed by atoms with van der Waals surface area (Å²) in [6.45, 7) is 2.34. The lowest BCUT2D eigenvalue weighted by Crippen LogP contribution is -2.39. The summed E-state index contributed by atoms with van der Waals surface area (Å²) in [5, 5.41) is 21.9. The van der Waals surface area contributed by atoms with Gasteiger partial charge in [0.15, 0.2) is 0 Å². The van der Waals surface area contributed by atoms with Gasteiger partial charge < -0.3 is 10.3 Å². The molecule has 1 aliphatic heterocycles. The summed E-state index contributed by atoms with van der Waals surface area (Å²) < 4.78 is 0. The number of rotatable bonds is 3. The maximum atomic E-state index is 9.43. The van der Waals surface area contributed by atoms with Crippen molar-refractivity contribution in [2.45, 2.75) is 18.9 Å². The minimum Gasteiger partial charge on any atom is -0.411 e. The summed E-state index contributed by atoms with van der Waals surface area (Å²) in [5.41, 5.74) is 1.63. The molecule has 0 aliphatic carbocycles. The Bertz CT molecular complexity index is 370. The van der Waals surface area contributed by atoms with Crippen LogP contribution in [0.2, 0.25) is 0 Å². The topological polar surface area (TPSA) is 56.1 Å². The van der Waals surface area contributed by atoms with Gasteiger partial charge in [-0.3, -0.25) is 4.90 Å². The first kappa shape index (κ1) is 12.1. The molecule has 17 heavy (non-hydrogen) atoms. The molecule has 1 aromatic carbocycles. The molecule has 0 radical (unpaired) electrons. The normalized spacial score (nSPS) is 19.5. The Morgan fingerprint density at radius 3 is 2.47 bits per heavy atom. The van der Waals surface area contributed by atoms with Crippen molar-refractivity contribution in [1.82, 2.24) is 4.90 Å². The molecule has 1 aromatic rings. The van der Waals surface area contributed by atoms with Crippen molar-refractivity contribution in [2.75, 3.05) is 19.6 Å². The smallest absolute Gasteiger partial charge is 0.101 e. The van der Waals surface area contributed by atoms with Gasteiger partial charge >= 0.3 is 0 Å². The zero-order valence-corrected chi connectivity index (χ0v) is 9.79. The summed E-state index contributed by atoms with van der Waals surface area (Å²) in [5.74, 6) is 0. The molecule has 2 N–H and O–H groups in total. The van der Waals surface area contributed by atoms with Gasteiger partial charge in [-0.05, 0) is 12.8 Å². The molecule has 1 heterocycles. The van der Waals surface area contributed by atoms with E-state index in [2.05, 4.69) is 10.1 Å². The van der Waals surface area contributed by atoms with Crippen LogP contribution in [0.4, 0.5) is 0 Å². The summed E-state index contributed by atoms with van der Waals surface area (Å²) >= 11 is 0. The van der Waals surface area contributed by atoms with Crippen LogP contribution < -0.4 is 0 Å². The van der Waals surface area contributed by atoms with E-state index in [4.69, 9.17) is 5.21 Å². The second-order valence-corrected chi connectivity index (χ2v) is 4.42. The molecule has 0 aromatic heterocycles. The van der Waals surface area contributed by atoms with Crippen LogP contribution in [-0.4, -0.2) is 46.7 Å². The van der Waals surface area contributed by atoms with E-state index in [0.717, 1.165) is 31.5 Å². The number of aliphatic hydroxyl groups excluding tert-OH is 1. The molecular weight excluding hydrogens is 216 g/mol. The third kappa shape index (κ3) is 3.28. The third-order valence-electron chi connectivity index (χ3n) is 3.16. The van der Waals surface area contributed by atoms with Gasteiger partial charge in [-0.2, -0.15) is 0 Å². The van der Waals surface area contributed by atoms with Crippen molar-refractivity contribution in [3.63, 3.8) is 0 Å². The Morgan fingerprint density at radius 2 is 1.88 bits per heavy atom. The molecule has 92 valence electrons. The van der Waals surface area contributed by atoms with Gasteiger partial charge in [-0.25, -0.2) is 0 Å². The van der Waals surface area contributed by atoms with Gasteiger partial charge in [0.05, 0.1) is 6.10 Å². The highest BCUT2D eigenvalue weighted by Gasteiger charge is 2.18. The van der Waals surface area contributed by atoms with Crippen LogP contribution in [-0.2, 0) is 0 Å². The van der Waals surface area contributed by atoms with Crippen LogP contribution >= 0.6 is 0 Å². The molecule has 0 spiro atoms. The quantitative estimate of drug-likeness (QED) is 0.471. The summed E-state index contributed by atoms with van der Waals surface area (Å²) in [6.07, 6.45) is 1.43. The molecule has 2 rings (SSSR count). The van der Waals surface area contributed by atoms with Crippen LogP contribution in [0.3, 0.4) is 0 Å². The zero-order valence-electron chi connectivity index (χ0n) is 9.79. The minimum absolute atomic E-state index is 0.169. The molecule has 1 aliphatic rings. The first-order valence-corrected chi connectivity index (χ1v) is 5.96. The summed E-state index contributed by atoms with van der Waals surface area (Å²) in [4.78, 5) is 2.20. The SMILES string of the molecule is O/N=C(\CN1CCC(O)CC1)c1ccccc1. The van der Waals surface area contributed by atoms with Crippen molar-refractivity contribution in [3.05, 3.63) is 35.9 Å². The summed E-state index contributed by atoms with van der Waals surface area (Å²) in [6, 6.07) is 9.68. The zero-order chi connectivity index (χ0) is 12.1. The first-order valence-electron chi connectivity index (χ1n) is 5.96. The number of piperidine rings is 1. The van der Waals surface area contributed by atoms with Crippen molar-refractivity contribution in [1.29, 1.82) is 0 Å². The number of aliphatic hydroxyl groups is 1. The third-order valence-corrected chi connectivity index (χ3v) is 3.16. The molecule has 0 amide bonds. The number of nitrogens with zero attached hydrogens (tertiary/aromatic N) is 2. The number of hydrogen-bond acceptors (Lipinski definition) is 4. The Kier molecular flexibility index (Phi) is 4.12. The van der Waals surface area contributed by atoms with E-state index in [0.29, 0.717) is 12.3 Å². The predicted octanol–water partition coefficient (Wildman–Crippen LogP) is 1.32. The van der Waals surface area contributed by atoms with Gasteiger partial charge in [0.1, 0.15) is 5.71 Å². The van der Waals surface area contributed by atoms with E-state index in [9.17, 15) is 5.11 Å². The number of hydrogen-bond donors (Lipinski definition) is 2. The fraction of sp³-hybridized carbons (Fsp3) is 0.462. The molecular formula is C13H18N2O2. The van der Waals surface area contributed by atoms with Crippen molar-refractivity contribution >= 4 is 5.71 Å². The minimum atomic E-state index is -0.169. The number of likely N-dealkylation sites (tertiary alicyclic amines) is 1. The Balaban J connectivity index is 1.97. The van der Waals surface area contributed by atoms with E-state index in [1.54, 1.807) is 0 Å². The molecule has 4 nitrogen and oxygen atoms in total. The largest absolute Gasteiger partial charge is 0.411 e. The molecule has 0 saturated carbocycles. The van der Waals surface area contributed by atoms with Gasteiger partial charge in [0.2, 0.25) is 0 Å². The second kappa shape index (κ2) is 5.80. The molecule has 1 saturated heterocycles. The van der Waals surface area contributed by atoms with Crippen LogP contribution in [0.15, 0.2) is 35.5 Å². The highest BCUT2D eigenvalue weighted by Crippen LogP contribution is 2.11. The van der Waals surface area contributed by atoms with E-state index in [1.807, 2.05) is 30.3 Å². The Labute approximate surface area is 101 Å². The fourth-order valence-electron chi connectivity index (χ4n) is 2.10. The van der Waals surface area contributed by atoms with Crippen LogP contribution in [0, 0.1) is 0 Å². The standard InChI is InChI=1S/C13H18N2O2/c16-12-6-8-15(9-7-12)10-13(14-17)11-4-2-1-3-5-11/h1-5,12,16-17H,6-10H2/b14-13+. The van der Waals surface area contributed by atoms with E-state index < -0.39 is 0 Å². The maximum Gasteiger partial charge on any atom is 0.101 e. The van der Waals surface area contributed by atoms with Crippen molar-refractivity contribution in [2.24, 2.45) is 5.16 Å². The van der Waals surface area contributed by atoms with Crippen LogP contribution in [0.25, 0.3) is 0 Å². The van der Waals surface area contributed by atoms with Crippen molar-refractivity contribution in [3.8, 4) is 0 Å². The Morgan fingerprint density at radius 1 is 1.24 bits per heavy atom. The van der Waals surface area contributed by atoms with E-state index >= 15 is 0 Å². The highest BCUT2D eigenvalue weighted by atomic mass is 16.4. The molecule has 1 fully saturated rings. The van der Waals surface area contributed by atoms with Gasteiger partial charge in [-0.15, -0.1) is 0 Å². The maximum absolute atomic E-state index is 9.43. The molecule has 0 atom stereocenters. The average Bonchev–Trinajstić information content (AvgIpc) is 2.39. The predicted molar refractivity (Wildman–Crippen MR) is 66.4 cm³/mol. The van der Waals surface area contributed by atoms with Crippen LogP contribution in [0.5, 0.6) is 0 Å². The lowest BCUT2D eigenvalue weighted by molar-refractivity contribution is 0.0894. The van der Waals surface area contributed by atoms with E-state index in [1.165, 1.54) is 0 Å². The Hall–Kier alpha value is -1.39. The monoisotopic (exact) mass is 234 g/mol. The van der Waals surface area contributed by atoms with Crippen LogP contribution in [0.1, 0.15) is 18.4 Å². The average molecular weight is 234 g/mol. The lowest BCUT2D eigenvalue weighted by Gasteiger charge is -2.29. The highest BCUT2D eigenvalue weighted by molar-refractivity contribution is 6.01. The molecule has 0 bridgehead atoms. The lowest BCUT2D eigenvalue weighted by atomic mass is 10.1. The molecule has 0 unspecified atom stereocenters. The molecule has 4 heteroatoms. The second-order valence-electron chi connectivity index (χ2n) is 4.42. The number of oxime groups is 1. The van der Waals surface area contributed by atoms with E-state index in [-0.39, 0.29) is 6.10 Å². The number of benzene rings is 1. The summed E-state index contributed by atoms with van der Waals surface area (Å²) in [7, 11) is 0. The van der Waals surface area contributed by atoms with Gasteiger partial charge in [-0.1, -0.05) is 35.5 Å². The first-order chi connectivity index (χ1) is 8.29. The van der Waals surface area contributed by atoms with Gasteiger partial charge in [0.25, 0.3) is 0 Å².